The highest BCUT2D eigenvalue weighted by Gasteiger charge is 2.38. The molecule has 8 nitrogen and oxygen atoms in total. The Balaban J connectivity index is 1.53. The quantitative estimate of drug-likeness (QED) is 0.675. The molecule has 1 N–H and O–H groups in total. The van der Waals surface area contributed by atoms with Gasteiger partial charge in [0.2, 0.25) is 5.91 Å². The number of hydrogen-bond donors (Lipinski definition) is 1. The summed E-state index contributed by atoms with van der Waals surface area (Å²) in [6.45, 7) is 0.308. The van der Waals surface area contributed by atoms with Gasteiger partial charge >= 0.3 is 6.01 Å². The minimum Gasteiger partial charge on any atom is -0.402 e. The molecule has 1 aliphatic heterocycles. The molecule has 1 aliphatic rings. The van der Waals surface area contributed by atoms with Crippen LogP contribution in [0.3, 0.4) is 0 Å². The Morgan fingerprint density at radius 2 is 2.00 bits per heavy atom. The third-order valence-corrected chi connectivity index (χ3v) is 8.34. The SMILES string of the molecule is O=C(Nc1nnc(-c2cccs2)o1)C1CCCCN1S(=O)(=O)c1cccs1. The van der Waals surface area contributed by atoms with E-state index in [1.807, 2.05) is 17.5 Å². The Hall–Kier alpha value is -2.08. The van der Waals surface area contributed by atoms with Gasteiger partial charge in [-0.05, 0) is 35.7 Å². The van der Waals surface area contributed by atoms with E-state index >= 15 is 0 Å². The average Bonchev–Trinajstić information content (AvgIpc) is 3.42. The van der Waals surface area contributed by atoms with Crippen LogP contribution in [0.5, 0.6) is 0 Å². The molecule has 0 bridgehead atoms. The lowest BCUT2D eigenvalue weighted by molar-refractivity contribution is -0.120. The van der Waals surface area contributed by atoms with Crippen LogP contribution in [0.1, 0.15) is 19.3 Å². The predicted octanol–water partition coefficient (Wildman–Crippen LogP) is 3.04. The predicted molar refractivity (Wildman–Crippen MR) is 102 cm³/mol. The summed E-state index contributed by atoms with van der Waals surface area (Å²) < 4.78 is 32.7. The molecule has 0 radical (unpaired) electrons. The van der Waals surface area contributed by atoms with Crippen molar-refractivity contribution in [2.24, 2.45) is 0 Å². The van der Waals surface area contributed by atoms with Crippen LogP contribution in [0.2, 0.25) is 0 Å². The molecule has 4 rings (SSSR count). The monoisotopic (exact) mass is 424 g/mol. The number of anilines is 1. The van der Waals surface area contributed by atoms with Crippen molar-refractivity contribution < 1.29 is 17.6 Å². The van der Waals surface area contributed by atoms with E-state index in [0.29, 0.717) is 18.9 Å². The van der Waals surface area contributed by atoms with Crippen molar-refractivity contribution in [1.29, 1.82) is 0 Å². The summed E-state index contributed by atoms with van der Waals surface area (Å²) in [7, 11) is -3.71. The second-order valence-corrected chi connectivity index (χ2v) is 9.95. The van der Waals surface area contributed by atoms with Crippen LogP contribution >= 0.6 is 22.7 Å². The number of rotatable bonds is 5. The first kappa shape index (κ1) is 18.3. The van der Waals surface area contributed by atoms with E-state index in [2.05, 4.69) is 15.5 Å². The number of thiophene rings is 2. The summed E-state index contributed by atoms with van der Waals surface area (Å²) in [6, 6.07) is 6.08. The lowest BCUT2D eigenvalue weighted by atomic mass is 10.0. The summed E-state index contributed by atoms with van der Waals surface area (Å²) >= 11 is 2.59. The Labute approximate surface area is 163 Å². The summed E-state index contributed by atoms with van der Waals surface area (Å²) in [6.07, 6.45) is 1.94. The second-order valence-electron chi connectivity index (χ2n) is 5.94. The van der Waals surface area contributed by atoms with Crippen LogP contribution in [0.25, 0.3) is 10.8 Å². The highest BCUT2D eigenvalue weighted by atomic mass is 32.2. The van der Waals surface area contributed by atoms with Gasteiger partial charge < -0.3 is 4.42 Å². The second kappa shape index (κ2) is 7.50. The van der Waals surface area contributed by atoms with Crippen LogP contribution in [0.4, 0.5) is 6.01 Å². The zero-order valence-corrected chi connectivity index (χ0v) is 16.5. The van der Waals surface area contributed by atoms with E-state index in [1.165, 1.54) is 15.6 Å². The van der Waals surface area contributed by atoms with Gasteiger partial charge in [0.25, 0.3) is 15.9 Å². The Morgan fingerprint density at radius 3 is 2.74 bits per heavy atom. The molecule has 1 amide bonds. The summed E-state index contributed by atoms with van der Waals surface area (Å²) in [4.78, 5) is 13.5. The Bertz CT molecular complexity index is 1010. The summed E-state index contributed by atoms with van der Waals surface area (Å²) in [5, 5.41) is 13.9. The molecule has 0 spiro atoms. The molecule has 3 aromatic rings. The Kier molecular flexibility index (Phi) is 5.08. The van der Waals surface area contributed by atoms with Crippen molar-refractivity contribution in [2.45, 2.75) is 29.5 Å². The molecule has 1 fully saturated rings. The van der Waals surface area contributed by atoms with Crippen molar-refractivity contribution >= 4 is 44.6 Å². The maximum absolute atomic E-state index is 12.9. The van der Waals surface area contributed by atoms with Crippen molar-refractivity contribution in [1.82, 2.24) is 14.5 Å². The number of piperidine rings is 1. The molecule has 142 valence electrons. The normalized spacial score (nSPS) is 18.4. The zero-order chi connectivity index (χ0) is 18.9. The molecule has 11 heteroatoms. The fourth-order valence-corrected chi connectivity index (χ4v) is 6.36. The largest absolute Gasteiger partial charge is 0.402 e. The molecule has 0 saturated carbocycles. The molecule has 3 aromatic heterocycles. The maximum Gasteiger partial charge on any atom is 0.322 e. The van der Waals surface area contributed by atoms with Gasteiger partial charge in [-0.1, -0.05) is 23.7 Å². The van der Waals surface area contributed by atoms with E-state index < -0.39 is 22.0 Å². The van der Waals surface area contributed by atoms with Crippen molar-refractivity contribution in [3.63, 3.8) is 0 Å². The highest BCUT2D eigenvalue weighted by Crippen LogP contribution is 2.29. The third-order valence-electron chi connectivity index (χ3n) is 4.20. The number of aromatic nitrogens is 2. The van der Waals surface area contributed by atoms with E-state index in [-0.39, 0.29) is 10.2 Å². The van der Waals surface area contributed by atoms with Gasteiger partial charge in [-0.2, -0.15) is 4.31 Å². The van der Waals surface area contributed by atoms with Crippen LogP contribution in [-0.4, -0.2) is 41.4 Å². The van der Waals surface area contributed by atoms with Gasteiger partial charge in [0.1, 0.15) is 10.3 Å². The maximum atomic E-state index is 12.9. The number of sulfonamides is 1. The molecule has 0 aliphatic carbocycles. The minimum absolute atomic E-state index is 0.0394. The molecular formula is C16H16N4O4S3. The fraction of sp³-hybridized carbons (Fsp3) is 0.312. The fourth-order valence-electron chi connectivity index (χ4n) is 2.94. The van der Waals surface area contributed by atoms with Gasteiger partial charge in [-0.15, -0.1) is 27.8 Å². The highest BCUT2D eigenvalue weighted by molar-refractivity contribution is 7.91. The third kappa shape index (κ3) is 3.68. The van der Waals surface area contributed by atoms with Gasteiger partial charge in [0, 0.05) is 6.54 Å². The van der Waals surface area contributed by atoms with Crippen LogP contribution in [-0.2, 0) is 14.8 Å². The average molecular weight is 425 g/mol. The summed E-state index contributed by atoms with van der Waals surface area (Å²) in [5.74, 6) is -0.150. The lowest BCUT2D eigenvalue weighted by Gasteiger charge is -2.32. The number of carbonyl (C=O) groups excluding carboxylic acids is 1. The minimum atomic E-state index is -3.71. The molecule has 4 heterocycles. The first-order valence-corrected chi connectivity index (χ1v) is 11.5. The molecular weight excluding hydrogens is 408 g/mol. The molecule has 0 aromatic carbocycles. The van der Waals surface area contributed by atoms with Gasteiger partial charge in [0.05, 0.1) is 4.88 Å². The molecule has 27 heavy (non-hydrogen) atoms. The number of nitrogens with zero attached hydrogens (tertiary/aromatic N) is 3. The number of carbonyl (C=O) groups is 1. The van der Waals surface area contributed by atoms with Gasteiger partial charge in [-0.25, -0.2) is 8.42 Å². The first-order chi connectivity index (χ1) is 13.1. The molecule has 1 saturated heterocycles. The first-order valence-electron chi connectivity index (χ1n) is 8.29. The van der Waals surface area contributed by atoms with Gasteiger partial charge in [-0.3, -0.25) is 10.1 Å². The van der Waals surface area contributed by atoms with E-state index in [9.17, 15) is 13.2 Å². The van der Waals surface area contributed by atoms with Crippen LogP contribution in [0.15, 0.2) is 43.7 Å². The van der Waals surface area contributed by atoms with Crippen molar-refractivity contribution in [2.75, 3.05) is 11.9 Å². The standard InChI is InChI=1S/C16H16N4O4S3/c21-14(17-16-19-18-15(24-16)12-6-3-9-25-12)11-5-1-2-8-20(11)27(22,23)13-7-4-10-26-13/h3-4,6-7,9-11H,1-2,5,8H2,(H,17,19,21). The number of amides is 1. The molecule has 1 unspecified atom stereocenters. The number of hydrogen-bond acceptors (Lipinski definition) is 8. The van der Waals surface area contributed by atoms with Crippen LogP contribution < -0.4 is 5.32 Å². The zero-order valence-electron chi connectivity index (χ0n) is 14.1. The Morgan fingerprint density at radius 1 is 1.19 bits per heavy atom. The lowest BCUT2D eigenvalue weighted by Crippen LogP contribution is -2.49. The van der Waals surface area contributed by atoms with E-state index in [1.54, 1.807) is 17.5 Å². The van der Waals surface area contributed by atoms with Crippen molar-refractivity contribution in [3.05, 3.63) is 35.0 Å². The summed E-state index contributed by atoms with van der Waals surface area (Å²) in [5.41, 5.74) is 0. The van der Waals surface area contributed by atoms with Gasteiger partial charge in [0.15, 0.2) is 0 Å². The number of nitrogens with one attached hydrogen (secondary N) is 1. The van der Waals surface area contributed by atoms with Crippen LogP contribution in [0, 0.1) is 0 Å². The topological polar surface area (TPSA) is 105 Å². The van der Waals surface area contributed by atoms with E-state index in [4.69, 9.17) is 4.42 Å². The van der Waals surface area contributed by atoms with Crippen molar-refractivity contribution in [3.8, 4) is 10.8 Å². The van der Waals surface area contributed by atoms with E-state index in [0.717, 1.165) is 29.1 Å². The molecule has 1 atom stereocenters. The smallest absolute Gasteiger partial charge is 0.322 e.